The van der Waals surface area contributed by atoms with Gasteiger partial charge in [-0.25, -0.2) is 0 Å². The van der Waals surface area contributed by atoms with E-state index in [9.17, 15) is 19.4 Å². The number of hydrogen-bond donors (Lipinski definition) is 2. The van der Waals surface area contributed by atoms with Gasteiger partial charge in [0.25, 0.3) is 7.82 Å². The molecule has 0 fully saturated rings. The van der Waals surface area contributed by atoms with Crippen molar-refractivity contribution in [2.24, 2.45) is 0 Å². The van der Waals surface area contributed by atoms with Crippen LogP contribution in [-0.4, -0.2) is 68.5 Å². The van der Waals surface area contributed by atoms with Crippen molar-refractivity contribution in [3.8, 4) is 0 Å². The van der Waals surface area contributed by atoms with Crippen LogP contribution in [-0.2, 0) is 18.4 Å². The summed E-state index contributed by atoms with van der Waals surface area (Å²) in [5.41, 5.74) is 0. The van der Waals surface area contributed by atoms with Gasteiger partial charge in [-0.2, -0.15) is 0 Å². The van der Waals surface area contributed by atoms with Crippen LogP contribution in [0.4, 0.5) is 0 Å². The number of carbonyl (C=O) groups is 1. The highest BCUT2D eigenvalue weighted by atomic mass is 31.2. The molecule has 0 radical (unpaired) electrons. The summed E-state index contributed by atoms with van der Waals surface area (Å²) in [6.07, 6.45) is 99.3. The number of allylic oxidation sites excluding steroid dienone is 17. The zero-order chi connectivity index (χ0) is 63.4. The lowest BCUT2D eigenvalue weighted by Gasteiger charge is -2.29. The van der Waals surface area contributed by atoms with Crippen molar-refractivity contribution >= 4 is 13.7 Å². The summed E-state index contributed by atoms with van der Waals surface area (Å²) in [7, 11) is 1.26. The van der Waals surface area contributed by atoms with Gasteiger partial charge in [0.2, 0.25) is 5.91 Å². The molecule has 0 aliphatic rings. The van der Waals surface area contributed by atoms with Gasteiger partial charge in [-0.1, -0.05) is 348 Å². The molecule has 0 aromatic rings. The van der Waals surface area contributed by atoms with E-state index in [1.807, 2.05) is 27.2 Å². The van der Waals surface area contributed by atoms with E-state index in [0.717, 1.165) is 89.9 Å². The minimum Gasteiger partial charge on any atom is -0.756 e. The molecule has 0 spiro atoms. The maximum absolute atomic E-state index is 13.1. The zero-order valence-electron chi connectivity index (χ0n) is 57.7. The first-order chi connectivity index (χ1) is 42.5. The fraction of sp³-hybridized carbons (Fsp3) is 0.756. The Bertz CT molecular complexity index is 1790. The van der Waals surface area contributed by atoms with Crippen molar-refractivity contribution in [3.05, 3.63) is 109 Å². The fourth-order valence-corrected chi connectivity index (χ4v) is 11.3. The maximum atomic E-state index is 13.1. The van der Waals surface area contributed by atoms with Crippen LogP contribution in [0.2, 0.25) is 0 Å². The molecule has 0 aliphatic heterocycles. The summed E-state index contributed by atoms with van der Waals surface area (Å²) in [6, 6.07) is -0.896. The quantitative estimate of drug-likeness (QED) is 0.0272. The highest BCUT2D eigenvalue weighted by Gasteiger charge is 2.23. The van der Waals surface area contributed by atoms with Crippen LogP contribution in [0.3, 0.4) is 0 Å². The normalized spacial score (nSPS) is 14.2. The van der Waals surface area contributed by atoms with Gasteiger partial charge >= 0.3 is 0 Å². The first kappa shape index (κ1) is 84.2. The van der Waals surface area contributed by atoms with E-state index in [4.69, 9.17) is 9.05 Å². The smallest absolute Gasteiger partial charge is 0.268 e. The zero-order valence-corrected chi connectivity index (χ0v) is 58.6. The molecule has 3 atom stereocenters. The number of aliphatic hydroxyl groups is 1. The molecule has 2 N–H and O–H groups in total. The van der Waals surface area contributed by atoms with E-state index < -0.39 is 20.0 Å². The van der Waals surface area contributed by atoms with E-state index in [0.29, 0.717) is 17.4 Å². The van der Waals surface area contributed by atoms with Gasteiger partial charge in [-0.05, 0) is 83.5 Å². The van der Waals surface area contributed by atoms with Crippen molar-refractivity contribution < 1.29 is 32.9 Å². The molecular formula is C78H141N2O6P. The van der Waals surface area contributed by atoms with E-state index in [-0.39, 0.29) is 19.1 Å². The molecule has 1 amide bonds. The molecule has 9 heteroatoms. The van der Waals surface area contributed by atoms with Crippen LogP contribution in [0, 0.1) is 0 Å². The number of carbonyl (C=O) groups excluding carboxylic acids is 1. The highest BCUT2D eigenvalue weighted by Crippen LogP contribution is 2.38. The first-order valence-electron chi connectivity index (χ1n) is 36.7. The van der Waals surface area contributed by atoms with Gasteiger partial charge in [0, 0.05) is 6.42 Å². The Labute approximate surface area is 540 Å². The number of hydrogen-bond acceptors (Lipinski definition) is 6. The lowest BCUT2D eigenvalue weighted by Crippen LogP contribution is -2.45. The average Bonchev–Trinajstić information content (AvgIpc) is 3.70. The standard InChI is InChI=1S/C78H141N2O6P/c1-6-8-10-12-14-16-18-20-22-24-26-28-30-32-34-36-37-38-39-40-41-42-43-44-46-48-50-52-54-56-58-60-62-64-66-68-70-72-78(82)79-76(75-86-87(83,84)85-74-73-80(3,4)5)77(81)71-69-67-65-63-61-59-57-55-53-51-49-47-45-35-33-31-29-27-25-23-21-19-17-15-13-11-9-7-2/h8,10,14,16,20,22,26,28,32,34,37-38,40-41,43-44,69,71,76-77,81H,6-7,9,11-13,15,17-19,21,23-25,27,29-31,33,35-36,39,42,45-68,70,72-75H2,1-5H3,(H-,79,82,83,84)/b10-8-,16-14-,22-20-,28-26-,34-32-,38-37-,41-40-,44-43-,71-69+. The SMILES string of the molecule is CC/C=C\C/C=C\C/C=C\C/C=C\C/C=C\C/C=C\C/C=C\C/C=C\CCCCCCCCCCCCCCC(=O)NC(COP(=O)([O-])OCC[N+](C)(C)C)C(O)/C=C/CCCCCCCCCCCCCCCCCCCCCCCCCCCC. The summed E-state index contributed by atoms with van der Waals surface area (Å²) < 4.78 is 23.5. The molecule has 0 saturated heterocycles. The summed E-state index contributed by atoms with van der Waals surface area (Å²) in [5, 5.41) is 14.0. The molecule has 504 valence electrons. The Hall–Kier alpha value is -2.84. The number of unbranched alkanes of at least 4 members (excludes halogenated alkanes) is 38. The van der Waals surface area contributed by atoms with Crippen LogP contribution in [0.5, 0.6) is 0 Å². The Morgan fingerprint density at radius 1 is 0.414 bits per heavy atom. The molecule has 0 saturated carbocycles. The van der Waals surface area contributed by atoms with Crippen LogP contribution in [0.1, 0.15) is 328 Å². The molecule has 3 unspecified atom stereocenters. The molecule has 87 heavy (non-hydrogen) atoms. The Morgan fingerprint density at radius 2 is 0.701 bits per heavy atom. The van der Waals surface area contributed by atoms with Gasteiger partial charge in [0.05, 0.1) is 39.9 Å². The Balaban J connectivity index is 4.08. The summed E-state index contributed by atoms with van der Waals surface area (Å²) in [4.78, 5) is 25.7. The van der Waals surface area contributed by atoms with Gasteiger partial charge in [0.1, 0.15) is 13.2 Å². The topological polar surface area (TPSA) is 108 Å². The van der Waals surface area contributed by atoms with Crippen molar-refractivity contribution in [1.29, 1.82) is 0 Å². The van der Waals surface area contributed by atoms with Gasteiger partial charge in [-0.3, -0.25) is 9.36 Å². The lowest BCUT2D eigenvalue weighted by atomic mass is 10.0. The van der Waals surface area contributed by atoms with Gasteiger partial charge in [-0.15, -0.1) is 0 Å². The molecular weight excluding hydrogens is 1090 g/mol. The van der Waals surface area contributed by atoms with Crippen molar-refractivity contribution in [3.63, 3.8) is 0 Å². The van der Waals surface area contributed by atoms with Gasteiger partial charge in [0.15, 0.2) is 0 Å². The van der Waals surface area contributed by atoms with Gasteiger partial charge < -0.3 is 28.8 Å². The molecule has 0 rings (SSSR count). The van der Waals surface area contributed by atoms with Crippen LogP contribution in [0.15, 0.2) is 109 Å². The van der Waals surface area contributed by atoms with E-state index in [2.05, 4.69) is 116 Å². The number of phosphoric acid groups is 1. The Morgan fingerprint density at radius 3 is 1.02 bits per heavy atom. The summed E-state index contributed by atoms with van der Waals surface area (Å²) in [5.74, 6) is -0.199. The predicted octanol–water partition coefficient (Wildman–Crippen LogP) is 23.2. The summed E-state index contributed by atoms with van der Waals surface area (Å²) in [6.45, 7) is 4.57. The molecule has 0 aliphatic carbocycles. The number of amides is 1. The minimum absolute atomic E-state index is 0.00475. The number of phosphoric ester groups is 1. The van der Waals surface area contributed by atoms with E-state index in [1.165, 1.54) is 218 Å². The van der Waals surface area contributed by atoms with E-state index >= 15 is 0 Å². The fourth-order valence-electron chi connectivity index (χ4n) is 10.6. The van der Waals surface area contributed by atoms with Crippen molar-refractivity contribution in [2.75, 3.05) is 40.9 Å². The third kappa shape index (κ3) is 70.5. The van der Waals surface area contributed by atoms with Crippen LogP contribution in [0.25, 0.3) is 0 Å². The molecule has 0 bridgehead atoms. The number of nitrogens with one attached hydrogen (secondary N) is 1. The largest absolute Gasteiger partial charge is 0.756 e. The number of rotatable bonds is 67. The summed E-state index contributed by atoms with van der Waals surface area (Å²) >= 11 is 0. The highest BCUT2D eigenvalue weighted by molar-refractivity contribution is 7.45. The molecule has 0 aromatic heterocycles. The lowest BCUT2D eigenvalue weighted by molar-refractivity contribution is -0.870. The van der Waals surface area contributed by atoms with E-state index in [1.54, 1.807) is 6.08 Å². The van der Waals surface area contributed by atoms with Crippen LogP contribution < -0.4 is 10.2 Å². The predicted molar refractivity (Wildman–Crippen MR) is 380 cm³/mol. The first-order valence-corrected chi connectivity index (χ1v) is 38.2. The number of likely N-dealkylation sites (N-methyl/N-ethyl adjacent to an activating group) is 1. The second-order valence-electron chi connectivity index (χ2n) is 25.9. The van der Waals surface area contributed by atoms with Crippen molar-refractivity contribution in [2.45, 2.75) is 341 Å². The minimum atomic E-state index is -4.61. The molecule has 0 heterocycles. The number of nitrogens with zero attached hydrogens (tertiary/aromatic N) is 1. The number of quaternary nitrogens is 1. The Kier molecular flexibility index (Phi) is 65.3. The third-order valence-electron chi connectivity index (χ3n) is 16.2. The number of aliphatic hydroxyl groups excluding tert-OH is 1. The second-order valence-corrected chi connectivity index (χ2v) is 27.3. The third-order valence-corrected chi connectivity index (χ3v) is 17.2. The van der Waals surface area contributed by atoms with Crippen molar-refractivity contribution in [1.82, 2.24) is 5.32 Å². The maximum Gasteiger partial charge on any atom is 0.268 e. The second kappa shape index (κ2) is 67.6. The average molecular weight is 1230 g/mol. The van der Waals surface area contributed by atoms with Crippen LogP contribution >= 0.6 is 7.82 Å². The molecule has 0 aromatic carbocycles. The molecule has 8 nitrogen and oxygen atoms in total. The monoisotopic (exact) mass is 1230 g/mol.